The number of fused-ring (bicyclic) bond motifs is 1. The van der Waals surface area contributed by atoms with Gasteiger partial charge in [0.05, 0.1) is 6.04 Å². The van der Waals surface area contributed by atoms with Crippen LogP contribution in [0.1, 0.15) is 30.2 Å². The lowest BCUT2D eigenvalue weighted by Crippen LogP contribution is -2.52. The van der Waals surface area contributed by atoms with E-state index in [9.17, 15) is 24.0 Å². The number of likely N-dealkylation sites (N-methyl/N-ethyl adjacent to an activating group) is 1. The first-order valence-electron chi connectivity index (χ1n) is 13.1. The van der Waals surface area contributed by atoms with Crippen molar-refractivity contribution in [2.45, 2.75) is 25.2 Å². The van der Waals surface area contributed by atoms with E-state index in [0.717, 1.165) is 43.1 Å². The Labute approximate surface area is 247 Å². The van der Waals surface area contributed by atoms with E-state index in [4.69, 9.17) is 29.9 Å². The van der Waals surface area contributed by atoms with Crippen LogP contribution in [-0.2, 0) is 28.7 Å². The first-order chi connectivity index (χ1) is 20.4. The summed E-state index contributed by atoms with van der Waals surface area (Å²) in [4.78, 5) is 55.0. The number of benzene rings is 2. The molecule has 4 rings (SSSR count). The number of hydrogen-bond acceptors (Lipinski definition) is 9. The van der Waals surface area contributed by atoms with Gasteiger partial charge in [0, 0.05) is 63.0 Å². The predicted octanol–water partition coefficient (Wildman–Crippen LogP) is 2.46. The van der Waals surface area contributed by atoms with Crippen LogP contribution < -0.4 is 4.74 Å². The summed E-state index contributed by atoms with van der Waals surface area (Å²) in [6.45, 7) is 5.36. The highest BCUT2D eigenvalue weighted by Gasteiger charge is 2.44. The summed E-state index contributed by atoms with van der Waals surface area (Å²) in [5.41, 5.74) is 2.12. The Balaban J connectivity index is 0.000000334. The fourth-order valence-corrected chi connectivity index (χ4v) is 4.39. The molecular weight excluding hydrogens is 564 g/mol. The molecule has 1 saturated heterocycles. The minimum atomic E-state index is -1.26. The molecule has 2 aromatic rings. The van der Waals surface area contributed by atoms with Gasteiger partial charge >= 0.3 is 29.8 Å². The van der Waals surface area contributed by atoms with Crippen LogP contribution in [0.2, 0.25) is 0 Å². The Morgan fingerprint density at radius 1 is 0.744 bits per heavy atom. The largest absolute Gasteiger partial charge is 0.481 e. The van der Waals surface area contributed by atoms with Crippen LogP contribution in [0.15, 0.2) is 78.9 Å². The van der Waals surface area contributed by atoms with Crippen LogP contribution in [0, 0.1) is 0 Å². The molecule has 1 fully saturated rings. The number of piperazine rings is 1. The van der Waals surface area contributed by atoms with Crippen LogP contribution in [0.5, 0.6) is 5.75 Å². The van der Waals surface area contributed by atoms with E-state index in [0.29, 0.717) is 24.3 Å². The highest BCUT2D eigenvalue weighted by Crippen LogP contribution is 2.45. The zero-order valence-corrected chi connectivity index (χ0v) is 23.6. The zero-order chi connectivity index (χ0) is 31.9. The lowest BCUT2D eigenvalue weighted by Gasteiger charge is -2.46. The zero-order valence-electron chi connectivity index (χ0n) is 23.6. The van der Waals surface area contributed by atoms with Crippen LogP contribution in [0.25, 0.3) is 0 Å². The summed E-state index contributed by atoms with van der Waals surface area (Å²) in [5, 5.41) is 31.2. The average molecular weight is 599 g/mol. The average Bonchev–Trinajstić information content (AvgIpc) is 2.96. The molecule has 0 bridgehead atoms. The Bertz CT molecular complexity index is 1250. The third-order valence-electron chi connectivity index (χ3n) is 6.20. The molecule has 0 aromatic heterocycles. The highest BCUT2D eigenvalue weighted by atomic mass is 16.6. The van der Waals surface area contributed by atoms with Crippen molar-refractivity contribution < 1.29 is 53.9 Å². The van der Waals surface area contributed by atoms with E-state index >= 15 is 0 Å². The summed E-state index contributed by atoms with van der Waals surface area (Å²) in [6.07, 6.45) is 1.52. The maximum atomic E-state index is 12.0. The van der Waals surface area contributed by atoms with Crippen molar-refractivity contribution >= 4 is 29.8 Å². The van der Waals surface area contributed by atoms with Crippen LogP contribution in [-0.4, -0.2) is 99.4 Å². The van der Waals surface area contributed by atoms with E-state index in [2.05, 4.69) is 22.9 Å². The minimum Gasteiger partial charge on any atom is -0.481 e. The van der Waals surface area contributed by atoms with Gasteiger partial charge in [0.25, 0.3) is 0 Å². The van der Waals surface area contributed by atoms with E-state index in [1.165, 1.54) is 6.92 Å². The normalized spacial score (nSPS) is 19.9. The van der Waals surface area contributed by atoms with Crippen LogP contribution >= 0.6 is 0 Å². The first kappa shape index (κ1) is 34.2. The summed E-state index contributed by atoms with van der Waals surface area (Å²) in [7, 11) is 2.14. The second-order valence-electron chi connectivity index (χ2n) is 9.36. The molecule has 0 radical (unpaired) electrons. The second-order valence-corrected chi connectivity index (χ2v) is 9.36. The standard InChI is InChI=1S/C22H26N2O3.2C4H4O4/c1-16(25)26-22-20(24-14-12-23(2)13-15-24)18-10-6-7-11-19(18)27-21(22)17-8-4-3-5-9-17;2*5-3(6)1-2-4(7)8/h3-11,20-22H,12-15H2,1-2H3;2*1-2H,(H,5,6)(H,7,8)/b;2*2-1-. The topological polar surface area (TPSA) is 191 Å². The van der Waals surface area contributed by atoms with Crippen LogP contribution in [0.4, 0.5) is 0 Å². The molecule has 13 nitrogen and oxygen atoms in total. The van der Waals surface area contributed by atoms with Gasteiger partial charge in [-0.25, -0.2) is 19.2 Å². The lowest BCUT2D eigenvalue weighted by molar-refractivity contribution is -0.160. The van der Waals surface area contributed by atoms with Crippen molar-refractivity contribution in [1.82, 2.24) is 9.80 Å². The number of carbonyl (C=O) groups excluding carboxylic acids is 1. The quantitative estimate of drug-likeness (QED) is 0.269. The molecule has 2 heterocycles. The Morgan fingerprint density at radius 2 is 1.21 bits per heavy atom. The molecular formula is C30H34N2O11. The molecule has 2 aliphatic heterocycles. The van der Waals surface area contributed by atoms with E-state index in [-0.39, 0.29) is 24.2 Å². The summed E-state index contributed by atoms with van der Waals surface area (Å²) >= 11 is 0. The number of rotatable bonds is 7. The molecule has 0 saturated carbocycles. The van der Waals surface area contributed by atoms with Gasteiger partial charge in [-0.15, -0.1) is 0 Å². The number of carbonyl (C=O) groups is 5. The van der Waals surface area contributed by atoms with Gasteiger partial charge in [-0.1, -0.05) is 48.5 Å². The monoisotopic (exact) mass is 598 g/mol. The van der Waals surface area contributed by atoms with Gasteiger partial charge in [-0.3, -0.25) is 9.69 Å². The smallest absolute Gasteiger partial charge is 0.328 e. The van der Waals surface area contributed by atoms with Crippen molar-refractivity contribution in [3.05, 3.63) is 90.0 Å². The maximum absolute atomic E-state index is 12.0. The van der Waals surface area contributed by atoms with Crippen molar-refractivity contribution in [1.29, 1.82) is 0 Å². The number of ether oxygens (including phenoxy) is 2. The molecule has 0 amide bonds. The highest BCUT2D eigenvalue weighted by molar-refractivity contribution is 5.90. The molecule has 0 aliphatic carbocycles. The molecule has 0 spiro atoms. The van der Waals surface area contributed by atoms with Gasteiger partial charge in [-0.05, 0) is 18.7 Å². The van der Waals surface area contributed by atoms with Gasteiger partial charge in [0.15, 0.2) is 12.2 Å². The maximum Gasteiger partial charge on any atom is 0.328 e. The minimum absolute atomic E-state index is 0.0160. The number of esters is 1. The van der Waals surface area contributed by atoms with Gasteiger partial charge in [-0.2, -0.15) is 0 Å². The summed E-state index contributed by atoms with van der Waals surface area (Å²) < 4.78 is 12.2. The number of carboxylic acid groups (broad SMARTS) is 4. The van der Waals surface area contributed by atoms with Crippen molar-refractivity contribution in [2.75, 3.05) is 33.2 Å². The first-order valence-corrected chi connectivity index (χ1v) is 13.1. The number of aliphatic carboxylic acids is 4. The van der Waals surface area contributed by atoms with Gasteiger partial charge in [0.1, 0.15) is 5.75 Å². The molecule has 43 heavy (non-hydrogen) atoms. The molecule has 3 atom stereocenters. The molecule has 4 N–H and O–H groups in total. The van der Waals surface area contributed by atoms with Crippen molar-refractivity contribution in [3.8, 4) is 5.75 Å². The second kappa shape index (κ2) is 17.1. The fourth-order valence-electron chi connectivity index (χ4n) is 4.39. The predicted molar refractivity (Wildman–Crippen MR) is 152 cm³/mol. The fraction of sp³-hybridized carbons (Fsp3) is 0.300. The summed E-state index contributed by atoms with van der Waals surface area (Å²) in [6, 6.07) is 18.2. The van der Waals surface area contributed by atoms with Gasteiger partial charge < -0.3 is 34.8 Å². The van der Waals surface area contributed by atoms with E-state index in [1.54, 1.807) is 0 Å². The number of carboxylic acids is 4. The molecule has 3 unspecified atom stereocenters. The van der Waals surface area contributed by atoms with Gasteiger partial charge in [0.2, 0.25) is 0 Å². The number of nitrogens with zero attached hydrogens (tertiary/aromatic N) is 2. The van der Waals surface area contributed by atoms with E-state index in [1.807, 2.05) is 48.5 Å². The number of para-hydroxylation sites is 1. The lowest BCUT2D eigenvalue weighted by atomic mass is 9.88. The van der Waals surface area contributed by atoms with Crippen molar-refractivity contribution in [3.63, 3.8) is 0 Å². The molecule has 2 aromatic carbocycles. The van der Waals surface area contributed by atoms with Crippen LogP contribution in [0.3, 0.4) is 0 Å². The molecule has 13 heteroatoms. The van der Waals surface area contributed by atoms with Crippen molar-refractivity contribution in [2.24, 2.45) is 0 Å². The number of hydrogen-bond donors (Lipinski definition) is 4. The third-order valence-corrected chi connectivity index (χ3v) is 6.20. The Morgan fingerprint density at radius 3 is 1.67 bits per heavy atom. The third kappa shape index (κ3) is 11.8. The SMILES string of the molecule is CC(=O)OC1C(c2ccccc2)Oc2ccccc2C1N1CCN(C)CC1.O=C(O)/C=C\C(=O)O.O=C(O)/C=C\C(=O)O. The van der Waals surface area contributed by atoms with E-state index < -0.39 is 23.9 Å². The Hall–Kier alpha value is -5.01. The summed E-state index contributed by atoms with van der Waals surface area (Å²) in [5.74, 6) is -4.43. The molecule has 2 aliphatic rings. The Kier molecular flexibility index (Phi) is 13.6. The molecule has 230 valence electrons.